The van der Waals surface area contributed by atoms with Crippen LogP contribution in [0, 0.1) is 24.2 Å². The van der Waals surface area contributed by atoms with Gasteiger partial charge in [-0.3, -0.25) is 0 Å². The molecule has 6 heteroatoms. The number of aryl methyl sites for hydroxylation is 1. The molecule has 1 aliphatic carbocycles. The van der Waals surface area contributed by atoms with Crippen molar-refractivity contribution in [2.75, 3.05) is 0 Å². The van der Waals surface area contributed by atoms with E-state index in [-0.39, 0.29) is 0 Å². The molecule has 0 aromatic carbocycles. The Labute approximate surface area is 139 Å². The molecular formula is C17H13N3O2Se. The second-order valence-electron chi connectivity index (χ2n) is 5.20. The minimum atomic E-state index is -0.938. The standard InChI is InChI=1S/C17H13N3O2Se/c1-11-14(15(21)22)23-16(20-11)17(13-6-4-8-19-10-13)7-3-2-5-12(17)9-18/h2-8,10,12H,1H3,(H,21,22). The summed E-state index contributed by atoms with van der Waals surface area (Å²) in [6.45, 7) is 1.71. The van der Waals surface area contributed by atoms with E-state index in [2.05, 4.69) is 16.0 Å². The van der Waals surface area contributed by atoms with Crippen LogP contribution in [0.25, 0.3) is 0 Å². The van der Waals surface area contributed by atoms with Gasteiger partial charge in [-0.15, -0.1) is 0 Å². The molecule has 1 aliphatic rings. The number of hydrogen-bond donors (Lipinski definition) is 1. The second-order valence-corrected chi connectivity index (χ2v) is 7.30. The normalized spacial score (nSPS) is 22.7. The summed E-state index contributed by atoms with van der Waals surface area (Å²) in [5.41, 5.74) is 0.624. The van der Waals surface area contributed by atoms with Gasteiger partial charge in [0.25, 0.3) is 0 Å². The van der Waals surface area contributed by atoms with Gasteiger partial charge in [-0.1, -0.05) is 0 Å². The monoisotopic (exact) mass is 371 g/mol. The van der Waals surface area contributed by atoms with Gasteiger partial charge in [0.1, 0.15) is 0 Å². The summed E-state index contributed by atoms with van der Waals surface area (Å²) >= 11 is -0.434. The van der Waals surface area contributed by atoms with Crippen LogP contribution in [0.15, 0.2) is 48.8 Å². The van der Waals surface area contributed by atoms with E-state index in [1.807, 2.05) is 36.4 Å². The SMILES string of the molecule is Cc1nc(C2(c3cccnc3)C=CC=CC2C#N)[se]c1C(=O)O. The van der Waals surface area contributed by atoms with Crippen LogP contribution < -0.4 is 0 Å². The zero-order chi connectivity index (χ0) is 16.4. The van der Waals surface area contributed by atoms with Crippen LogP contribution in [-0.2, 0) is 5.41 Å². The number of allylic oxidation sites excluding steroid dienone is 4. The first-order valence-electron chi connectivity index (χ1n) is 6.97. The molecule has 0 radical (unpaired) electrons. The predicted octanol–water partition coefficient (Wildman–Crippen LogP) is 2.09. The summed E-state index contributed by atoms with van der Waals surface area (Å²) in [7, 11) is 0. The van der Waals surface area contributed by atoms with Crippen LogP contribution in [-0.4, -0.2) is 35.5 Å². The number of nitrogens with zero attached hydrogens (tertiary/aromatic N) is 3. The average Bonchev–Trinajstić information content (AvgIpc) is 2.98. The van der Waals surface area contributed by atoms with Crippen LogP contribution in [0.1, 0.15) is 25.1 Å². The van der Waals surface area contributed by atoms with Crippen LogP contribution in [0.3, 0.4) is 0 Å². The molecule has 0 spiro atoms. The number of hydrogen-bond acceptors (Lipinski definition) is 4. The third-order valence-electron chi connectivity index (χ3n) is 3.89. The average molecular weight is 370 g/mol. The van der Waals surface area contributed by atoms with Gasteiger partial charge in [0.2, 0.25) is 0 Å². The molecule has 0 saturated carbocycles. The zero-order valence-electron chi connectivity index (χ0n) is 12.3. The van der Waals surface area contributed by atoms with Gasteiger partial charge >= 0.3 is 139 Å². The van der Waals surface area contributed by atoms with E-state index in [4.69, 9.17) is 0 Å². The van der Waals surface area contributed by atoms with E-state index >= 15 is 0 Å². The molecule has 0 bridgehead atoms. The fourth-order valence-corrected chi connectivity index (χ4v) is 5.15. The number of pyridine rings is 1. The summed E-state index contributed by atoms with van der Waals surface area (Å²) in [5, 5.41) is 19.0. The number of carboxylic acids is 1. The van der Waals surface area contributed by atoms with Crippen molar-refractivity contribution in [3.63, 3.8) is 0 Å². The molecule has 2 aromatic heterocycles. The minimum absolute atomic E-state index is 0.343. The summed E-state index contributed by atoms with van der Waals surface area (Å²) < 4.78 is 1.08. The van der Waals surface area contributed by atoms with Crippen LogP contribution in [0.5, 0.6) is 0 Å². The number of nitriles is 1. The first-order valence-corrected chi connectivity index (χ1v) is 8.68. The Morgan fingerprint density at radius 2 is 2.30 bits per heavy atom. The molecular weight excluding hydrogens is 357 g/mol. The van der Waals surface area contributed by atoms with E-state index in [1.54, 1.807) is 19.3 Å². The van der Waals surface area contributed by atoms with Gasteiger partial charge in [0, 0.05) is 0 Å². The Hall–Kier alpha value is -2.48. The van der Waals surface area contributed by atoms with Crippen LogP contribution >= 0.6 is 0 Å². The van der Waals surface area contributed by atoms with Gasteiger partial charge < -0.3 is 0 Å². The third kappa shape index (κ3) is 2.44. The Morgan fingerprint density at radius 1 is 1.48 bits per heavy atom. The number of aromatic carboxylic acids is 1. The Morgan fingerprint density at radius 3 is 2.91 bits per heavy atom. The van der Waals surface area contributed by atoms with Crippen molar-refractivity contribution in [3.8, 4) is 6.07 Å². The molecule has 2 aromatic rings. The first kappa shape index (κ1) is 15.4. The van der Waals surface area contributed by atoms with Crippen molar-refractivity contribution in [2.24, 2.45) is 5.92 Å². The third-order valence-corrected chi connectivity index (χ3v) is 6.61. The molecule has 2 heterocycles. The van der Waals surface area contributed by atoms with E-state index in [0.717, 1.165) is 10.1 Å². The number of aromatic nitrogens is 2. The summed E-state index contributed by atoms with van der Waals surface area (Å²) in [5.74, 6) is -1.38. The van der Waals surface area contributed by atoms with Crippen molar-refractivity contribution in [1.29, 1.82) is 5.26 Å². The van der Waals surface area contributed by atoms with E-state index in [9.17, 15) is 15.2 Å². The molecule has 0 fully saturated rings. The van der Waals surface area contributed by atoms with Gasteiger partial charge in [0.15, 0.2) is 0 Å². The van der Waals surface area contributed by atoms with Crippen molar-refractivity contribution in [1.82, 2.24) is 9.97 Å². The van der Waals surface area contributed by atoms with E-state index in [1.165, 1.54) is 0 Å². The molecule has 5 nitrogen and oxygen atoms in total. The quantitative estimate of drug-likeness (QED) is 0.836. The summed E-state index contributed by atoms with van der Waals surface area (Å²) in [6.07, 6.45) is 10.9. The Bertz CT molecular complexity index is 848. The van der Waals surface area contributed by atoms with Crippen molar-refractivity contribution in [3.05, 3.63) is 69.1 Å². The molecule has 114 valence electrons. The van der Waals surface area contributed by atoms with E-state index < -0.39 is 31.8 Å². The van der Waals surface area contributed by atoms with Crippen molar-refractivity contribution < 1.29 is 9.90 Å². The van der Waals surface area contributed by atoms with Crippen LogP contribution in [0.4, 0.5) is 0 Å². The number of carboxylic acid groups (broad SMARTS) is 1. The maximum absolute atomic E-state index is 11.4. The summed E-state index contributed by atoms with van der Waals surface area (Å²) in [4.78, 5) is 20.1. The zero-order valence-corrected chi connectivity index (χ0v) is 14.0. The van der Waals surface area contributed by atoms with Gasteiger partial charge in [0.05, 0.1) is 0 Å². The summed E-state index contributed by atoms with van der Waals surface area (Å²) in [6, 6.07) is 6.05. The maximum atomic E-state index is 11.4. The molecule has 23 heavy (non-hydrogen) atoms. The number of carbonyl (C=O) groups is 1. The molecule has 0 aliphatic heterocycles. The van der Waals surface area contributed by atoms with E-state index in [0.29, 0.717) is 10.1 Å². The number of rotatable bonds is 3. The molecule has 2 unspecified atom stereocenters. The molecule has 0 amide bonds. The Kier molecular flexibility index (Phi) is 3.99. The molecule has 2 atom stereocenters. The first-order chi connectivity index (χ1) is 11.1. The molecule has 1 N–H and O–H groups in total. The van der Waals surface area contributed by atoms with Crippen LogP contribution in [0.2, 0.25) is 0 Å². The second kappa shape index (κ2) is 5.96. The van der Waals surface area contributed by atoms with Crippen molar-refractivity contribution >= 4 is 20.5 Å². The topological polar surface area (TPSA) is 86.9 Å². The van der Waals surface area contributed by atoms with Gasteiger partial charge in [-0.05, 0) is 0 Å². The molecule has 0 saturated heterocycles. The fraction of sp³-hybridized carbons (Fsp3) is 0.176. The van der Waals surface area contributed by atoms with Gasteiger partial charge in [-0.2, -0.15) is 0 Å². The Balaban J connectivity index is 2.28. The fourth-order valence-electron chi connectivity index (χ4n) is 2.77. The predicted molar refractivity (Wildman–Crippen MR) is 85.3 cm³/mol. The van der Waals surface area contributed by atoms with Gasteiger partial charge in [-0.25, -0.2) is 0 Å². The molecule has 3 rings (SSSR count). The van der Waals surface area contributed by atoms with Crippen molar-refractivity contribution in [2.45, 2.75) is 12.3 Å².